The van der Waals surface area contributed by atoms with Crippen molar-refractivity contribution in [3.8, 4) is 11.5 Å². The van der Waals surface area contributed by atoms with Crippen LogP contribution in [-0.2, 0) is 4.74 Å². The SMILES string of the molecule is COc1ccc(C(=O)N2CCN(c3cnnc(N4CCOCC4)c3)CC2)cc1OC. The molecule has 4 rings (SSSR count). The molecule has 0 atom stereocenters. The monoisotopic (exact) mass is 413 g/mol. The summed E-state index contributed by atoms with van der Waals surface area (Å²) >= 11 is 0. The molecule has 3 heterocycles. The van der Waals surface area contributed by atoms with Gasteiger partial charge in [0.25, 0.3) is 5.91 Å². The van der Waals surface area contributed by atoms with E-state index in [9.17, 15) is 4.79 Å². The molecule has 9 nitrogen and oxygen atoms in total. The molecule has 30 heavy (non-hydrogen) atoms. The predicted octanol–water partition coefficient (Wildman–Crippen LogP) is 1.29. The van der Waals surface area contributed by atoms with Gasteiger partial charge in [-0.05, 0) is 18.2 Å². The standard InChI is InChI=1S/C21H27N5O4/c1-28-18-4-3-16(13-19(18)29-2)21(27)26-7-5-24(6-8-26)17-14-20(23-22-15-17)25-9-11-30-12-10-25/h3-4,13-15H,5-12H2,1-2H3. The summed E-state index contributed by atoms with van der Waals surface area (Å²) in [6, 6.07) is 7.34. The van der Waals surface area contributed by atoms with Gasteiger partial charge >= 0.3 is 0 Å². The summed E-state index contributed by atoms with van der Waals surface area (Å²) < 4.78 is 16.0. The third-order valence-corrected chi connectivity index (χ3v) is 5.52. The van der Waals surface area contributed by atoms with E-state index in [1.165, 1.54) is 0 Å². The van der Waals surface area contributed by atoms with Crippen LogP contribution >= 0.6 is 0 Å². The number of piperazine rings is 1. The van der Waals surface area contributed by atoms with E-state index in [0.29, 0.717) is 43.4 Å². The highest BCUT2D eigenvalue weighted by Gasteiger charge is 2.24. The Balaban J connectivity index is 1.40. The van der Waals surface area contributed by atoms with E-state index < -0.39 is 0 Å². The molecule has 160 valence electrons. The highest BCUT2D eigenvalue weighted by atomic mass is 16.5. The lowest BCUT2D eigenvalue weighted by atomic mass is 10.1. The summed E-state index contributed by atoms with van der Waals surface area (Å²) in [5.74, 6) is 2.04. The number of benzene rings is 1. The van der Waals surface area contributed by atoms with Gasteiger partial charge in [-0.3, -0.25) is 4.79 Å². The van der Waals surface area contributed by atoms with Crippen molar-refractivity contribution in [3.63, 3.8) is 0 Å². The Morgan fingerprint density at radius 2 is 1.67 bits per heavy atom. The summed E-state index contributed by atoms with van der Waals surface area (Å²) in [6.45, 7) is 5.84. The second-order valence-electron chi connectivity index (χ2n) is 7.22. The average Bonchev–Trinajstić information content (AvgIpc) is 2.84. The Labute approximate surface area is 176 Å². The molecule has 9 heteroatoms. The maximum absolute atomic E-state index is 12.9. The number of amides is 1. The highest BCUT2D eigenvalue weighted by Crippen LogP contribution is 2.28. The molecule has 0 aliphatic carbocycles. The van der Waals surface area contributed by atoms with Gasteiger partial charge in [-0.15, -0.1) is 5.10 Å². The third-order valence-electron chi connectivity index (χ3n) is 5.52. The zero-order valence-corrected chi connectivity index (χ0v) is 17.4. The third kappa shape index (κ3) is 4.25. The molecular weight excluding hydrogens is 386 g/mol. The molecule has 0 N–H and O–H groups in total. The first-order valence-corrected chi connectivity index (χ1v) is 10.1. The molecule has 2 aliphatic rings. The minimum atomic E-state index is -0.00235. The molecule has 0 bridgehead atoms. The molecule has 1 aromatic heterocycles. The molecular formula is C21H27N5O4. The van der Waals surface area contributed by atoms with E-state index in [-0.39, 0.29) is 5.91 Å². The maximum atomic E-state index is 12.9. The lowest BCUT2D eigenvalue weighted by molar-refractivity contribution is 0.0746. The Bertz CT molecular complexity index is 879. The lowest BCUT2D eigenvalue weighted by Crippen LogP contribution is -2.49. The molecule has 0 saturated carbocycles. The van der Waals surface area contributed by atoms with Crippen molar-refractivity contribution in [2.75, 3.05) is 76.5 Å². The summed E-state index contributed by atoms with van der Waals surface area (Å²) in [5, 5.41) is 8.47. The molecule has 2 fully saturated rings. The molecule has 2 aliphatic heterocycles. The minimum Gasteiger partial charge on any atom is -0.493 e. The van der Waals surface area contributed by atoms with Crippen LogP contribution in [0, 0.1) is 0 Å². The number of aromatic nitrogens is 2. The first-order chi connectivity index (χ1) is 14.7. The molecule has 2 saturated heterocycles. The number of morpholine rings is 1. The van der Waals surface area contributed by atoms with Crippen molar-refractivity contribution in [2.45, 2.75) is 0 Å². The molecule has 1 aromatic carbocycles. The number of nitrogens with zero attached hydrogens (tertiary/aromatic N) is 5. The van der Waals surface area contributed by atoms with Crippen molar-refractivity contribution in [1.82, 2.24) is 15.1 Å². The minimum absolute atomic E-state index is 0.00235. The summed E-state index contributed by atoms with van der Waals surface area (Å²) in [6.07, 6.45) is 1.79. The van der Waals surface area contributed by atoms with Crippen LogP contribution in [0.1, 0.15) is 10.4 Å². The average molecular weight is 413 g/mol. The Hall–Kier alpha value is -3.07. The summed E-state index contributed by atoms with van der Waals surface area (Å²) in [4.78, 5) is 19.3. The summed E-state index contributed by atoms with van der Waals surface area (Å²) in [5.41, 5.74) is 1.63. The van der Waals surface area contributed by atoms with Gasteiger partial charge in [-0.2, -0.15) is 5.10 Å². The number of ether oxygens (including phenoxy) is 3. The van der Waals surface area contributed by atoms with Gasteiger partial charge in [0, 0.05) is 50.9 Å². The van der Waals surface area contributed by atoms with Gasteiger partial charge in [-0.25, -0.2) is 0 Å². The zero-order chi connectivity index (χ0) is 20.9. The van der Waals surface area contributed by atoms with E-state index in [1.807, 2.05) is 4.90 Å². The number of hydrogen-bond donors (Lipinski definition) is 0. The number of hydrogen-bond acceptors (Lipinski definition) is 8. The Morgan fingerprint density at radius 1 is 0.933 bits per heavy atom. The zero-order valence-electron chi connectivity index (χ0n) is 17.4. The topological polar surface area (TPSA) is 80.3 Å². The molecule has 0 unspecified atom stereocenters. The second kappa shape index (κ2) is 9.17. The van der Waals surface area contributed by atoms with E-state index in [2.05, 4.69) is 26.1 Å². The number of methoxy groups -OCH3 is 2. The van der Waals surface area contributed by atoms with E-state index in [4.69, 9.17) is 14.2 Å². The van der Waals surface area contributed by atoms with Gasteiger partial charge in [-0.1, -0.05) is 0 Å². The molecule has 0 spiro atoms. The van der Waals surface area contributed by atoms with E-state index >= 15 is 0 Å². The first kappa shape index (κ1) is 20.2. The lowest BCUT2D eigenvalue weighted by Gasteiger charge is -2.36. The molecule has 1 amide bonds. The Morgan fingerprint density at radius 3 is 2.37 bits per heavy atom. The van der Waals surface area contributed by atoms with Crippen LogP contribution < -0.4 is 19.3 Å². The summed E-state index contributed by atoms with van der Waals surface area (Å²) in [7, 11) is 3.15. The predicted molar refractivity (Wildman–Crippen MR) is 113 cm³/mol. The van der Waals surface area contributed by atoms with Gasteiger partial charge in [0.05, 0.1) is 39.3 Å². The number of anilines is 2. The van der Waals surface area contributed by atoms with Crippen molar-refractivity contribution >= 4 is 17.4 Å². The maximum Gasteiger partial charge on any atom is 0.254 e. The van der Waals surface area contributed by atoms with Crippen molar-refractivity contribution < 1.29 is 19.0 Å². The quantitative estimate of drug-likeness (QED) is 0.726. The molecule has 2 aromatic rings. The van der Waals surface area contributed by atoms with Crippen molar-refractivity contribution in [1.29, 1.82) is 0 Å². The highest BCUT2D eigenvalue weighted by molar-refractivity contribution is 5.95. The Kier molecular flexibility index (Phi) is 6.18. The van der Waals surface area contributed by atoms with Gasteiger partial charge in [0.2, 0.25) is 0 Å². The van der Waals surface area contributed by atoms with Crippen LogP contribution in [0.2, 0.25) is 0 Å². The number of carbonyl (C=O) groups excluding carboxylic acids is 1. The van der Waals surface area contributed by atoms with Crippen LogP contribution in [0.3, 0.4) is 0 Å². The van der Waals surface area contributed by atoms with Crippen LogP contribution in [0.25, 0.3) is 0 Å². The van der Waals surface area contributed by atoms with Crippen molar-refractivity contribution in [2.24, 2.45) is 0 Å². The van der Waals surface area contributed by atoms with Gasteiger partial charge < -0.3 is 28.9 Å². The molecule has 0 radical (unpaired) electrons. The van der Waals surface area contributed by atoms with Crippen LogP contribution in [0.5, 0.6) is 11.5 Å². The van der Waals surface area contributed by atoms with E-state index in [1.54, 1.807) is 38.6 Å². The van der Waals surface area contributed by atoms with E-state index in [0.717, 1.165) is 37.7 Å². The number of carbonyl (C=O) groups is 1. The van der Waals surface area contributed by atoms with Crippen LogP contribution in [0.4, 0.5) is 11.5 Å². The normalized spacial score (nSPS) is 17.1. The fourth-order valence-electron chi connectivity index (χ4n) is 3.79. The smallest absolute Gasteiger partial charge is 0.254 e. The van der Waals surface area contributed by atoms with Gasteiger partial charge in [0.1, 0.15) is 0 Å². The number of rotatable bonds is 5. The largest absolute Gasteiger partial charge is 0.493 e. The fraction of sp³-hybridized carbons (Fsp3) is 0.476. The van der Waals surface area contributed by atoms with Crippen LogP contribution in [0.15, 0.2) is 30.5 Å². The first-order valence-electron chi connectivity index (χ1n) is 10.1. The fourth-order valence-corrected chi connectivity index (χ4v) is 3.79. The second-order valence-corrected chi connectivity index (χ2v) is 7.22. The van der Waals surface area contributed by atoms with Crippen molar-refractivity contribution in [3.05, 3.63) is 36.0 Å². The van der Waals surface area contributed by atoms with Crippen LogP contribution in [-0.4, -0.2) is 87.7 Å². The van der Waals surface area contributed by atoms with Gasteiger partial charge in [0.15, 0.2) is 17.3 Å².